The van der Waals surface area contributed by atoms with Crippen molar-refractivity contribution in [3.8, 4) is 0 Å². The first-order chi connectivity index (χ1) is 13.0. The minimum absolute atomic E-state index is 0.0255. The van der Waals surface area contributed by atoms with Gasteiger partial charge in [-0.2, -0.15) is 0 Å². The molecule has 27 heavy (non-hydrogen) atoms. The SMILES string of the molecule is CCC(=O)NCc1csc(C2CCN(C(=O)Cc3ccc(F)cc3)CC2)n1. The van der Waals surface area contributed by atoms with Crippen LogP contribution < -0.4 is 5.32 Å². The summed E-state index contributed by atoms with van der Waals surface area (Å²) in [5.41, 5.74) is 1.73. The number of benzene rings is 1. The van der Waals surface area contributed by atoms with Crippen LogP contribution in [0.5, 0.6) is 0 Å². The maximum Gasteiger partial charge on any atom is 0.226 e. The van der Waals surface area contributed by atoms with Gasteiger partial charge in [0.2, 0.25) is 11.8 Å². The van der Waals surface area contributed by atoms with E-state index in [1.54, 1.807) is 23.5 Å². The van der Waals surface area contributed by atoms with E-state index in [1.165, 1.54) is 12.1 Å². The minimum Gasteiger partial charge on any atom is -0.350 e. The van der Waals surface area contributed by atoms with Crippen LogP contribution >= 0.6 is 11.3 Å². The number of carbonyl (C=O) groups excluding carboxylic acids is 2. The topological polar surface area (TPSA) is 62.3 Å². The van der Waals surface area contributed by atoms with Crippen molar-refractivity contribution in [3.05, 3.63) is 51.7 Å². The molecule has 1 fully saturated rings. The summed E-state index contributed by atoms with van der Waals surface area (Å²) >= 11 is 1.63. The summed E-state index contributed by atoms with van der Waals surface area (Å²) < 4.78 is 13.0. The molecule has 2 amide bonds. The molecule has 1 aliphatic heterocycles. The van der Waals surface area contributed by atoms with Crippen LogP contribution in [0.25, 0.3) is 0 Å². The quantitative estimate of drug-likeness (QED) is 0.825. The van der Waals surface area contributed by atoms with Gasteiger partial charge in [-0.25, -0.2) is 9.37 Å². The zero-order valence-corrected chi connectivity index (χ0v) is 16.2. The molecule has 7 heteroatoms. The van der Waals surface area contributed by atoms with Gasteiger partial charge in [-0.15, -0.1) is 11.3 Å². The van der Waals surface area contributed by atoms with E-state index in [4.69, 9.17) is 0 Å². The highest BCUT2D eigenvalue weighted by Crippen LogP contribution is 2.30. The molecule has 1 N–H and O–H groups in total. The second-order valence-electron chi connectivity index (χ2n) is 6.77. The third kappa shape index (κ3) is 5.35. The Labute approximate surface area is 162 Å². The number of piperidine rings is 1. The summed E-state index contributed by atoms with van der Waals surface area (Å²) in [6.45, 7) is 3.73. The summed E-state index contributed by atoms with van der Waals surface area (Å²) in [7, 11) is 0. The van der Waals surface area contributed by atoms with Crippen molar-refractivity contribution in [2.45, 2.75) is 45.1 Å². The predicted molar refractivity (Wildman–Crippen MR) is 103 cm³/mol. The van der Waals surface area contributed by atoms with Gasteiger partial charge in [0.15, 0.2) is 0 Å². The smallest absolute Gasteiger partial charge is 0.226 e. The van der Waals surface area contributed by atoms with E-state index in [9.17, 15) is 14.0 Å². The number of carbonyl (C=O) groups is 2. The molecule has 144 valence electrons. The molecular weight excluding hydrogens is 365 g/mol. The second kappa shape index (κ2) is 9.08. The molecule has 0 aliphatic carbocycles. The Kier molecular flexibility index (Phi) is 6.55. The number of hydrogen-bond acceptors (Lipinski definition) is 4. The second-order valence-corrected chi connectivity index (χ2v) is 7.66. The summed E-state index contributed by atoms with van der Waals surface area (Å²) in [5.74, 6) is 0.185. The van der Waals surface area contributed by atoms with Gasteiger partial charge in [0.05, 0.1) is 23.7 Å². The van der Waals surface area contributed by atoms with Crippen molar-refractivity contribution in [3.63, 3.8) is 0 Å². The molecule has 5 nitrogen and oxygen atoms in total. The number of amides is 2. The van der Waals surface area contributed by atoms with Crippen molar-refractivity contribution < 1.29 is 14.0 Å². The molecule has 0 bridgehead atoms. The molecule has 2 aromatic rings. The predicted octanol–water partition coefficient (Wildman–Crippen LogP) is 3.26. The lowest BCUT2D eigenvalue weighted by molar-refractivity contribution is -0.131. The first kappa shape index (κ1) is 19.5. The number of thiazole rings is 1. The fraction of sp³-hybridized carbons (Fsp3) is 0.450. The molecule has 0 radical (unpaired) electrons. The Hall–Kier alpha value is -2.28. The van der Waals surface area contributed by atoms with E-state index < -0.39 is 0 Å². The van der Waals surface area contributed by atoms with Crippen molar-refractivity contribution >= 4 is 23.2 Å². The average molecular weight is 389 g/mol. The van der Waals surface area contributed by atoms with Crippen molar-refractivity contribution in [1.29, 1.82) is 0 Å². The maximum absolute atomic E-state index is 13.0. The third-order valence-corrected chi connectivity index (χ3v) is 5.88. The molecule has 0 spiro atoms. The van der Waals surface area contributed by atoms with Crippen LogP contribution in [0.4, 0.5) is 4.39 Å². The molecule has 1 aromatic heterocycles. The summed E-state index contributed by atoms with van der Waals surface area (Å²) in [6.07, 6.45) is 2.57. The number of nitrogens with one attached hydrogen (secondary N) is 1. The lowest BCUT2D eigenvalue weighted by atomic mass is 9.97. The Morgan fingerprint density at radius 2 is 1.96 bits per heavy atom. The molecule has 2 heterocycles. The van der Waals surface area contributed by atoms with E-state index in [0.29, 0.717) is 38.4 Å². The molecule has 1 aliphatic rings. The minimum atomic E-state index is -0.288. The highest BCUT2D eigenvalue weighted by Gasteiger charge is 2.25. The average Bonchev–Trinajstić information content (AvgIpc) is 3.17. The zero-order chi connectivity index (χ0) is 19.2. The van der Waals surface area contributed by atoms with Crippen LogP contribution in [0.2, 0.25) is 0 Å². The van der Waals surface area contributed by atoms with E-state index in [1.807, 2.05) is 17.2 Å². The fourth-order valence-corrected chi connectivity index (χ4v) is 4.16. The Balaban J connectivity index is 1.48. The normalized spacial score (nSPS) is 15.0. The largest absolute Gasteiger partial charge is 0.350 e. The molecule has 1 saturated heterocycles. The molecule has 0 saturated carbocycles. The van der Waals surface area contributed by atoms with Crippen molar-refractivity contribution in [2.24, 2.45) is 0 Å². The number of hydrogen-bond donors (Lipinski definition) is 1. The first-order valence-corrected chi connectivity index (χ1v) is 10.2. The number of likely N-dealkylation sites (tertiary alicyclic amines) is 1. The summed E-state index contributed by atoms with van der Waals surface area (Å²) in [6, 6.07) is 6.10. The number of nitrogens with zero attached hydrogens (tertiary/aromatic N) is 2. The highest BCUT2D eigenvalue weighted by molar-refractivity contribution is 7.09. The van der Waals surface area contributed by atoms with Crippen LogP contribution in [0, 0.1) is 5.82 Å². The zero-order valence-electron chi connectivity index (χ0n) is 15.4. The van der Waals surface area contributed by atoms with Crippen LogP contribution in [-0.4, -0.2) is 34.8 Å². The number of halogens is 1. The van der Waals surface area contributed by atoms with Gasteiger partial charge < -0.3 is 10.2 Å². The molecule has 1 aromatic carbocycles. The molecule has 0 unspecified atom stereocenters. The third-order valence-electron chi connectivity index (χ3n) is 4.82. The molecule has 3 rings (SSSR count). The monoisotopic (exact) mass is 389 g/mol. The van der Waals surface area contributed by atoms with Gasteiger partial charge in [0.25, 0.3) is 0 Å². The Bertz CT molecular complexity index is 783. The van der Waals surface area contributed by atoms with E-state index >= 15 is 0 Å². The van der Waals surface area contributed by atoms with Crippen molar-refractivity contribution in [1.82, 2.24) is 15.2 Å². The van der Waals surface area contributed by atoms with Gasteiger partial charge in [0.1, 0.15) is 5.82 Å². The fourth-order valence-electron chi connectivity index (χ4n) is 3.17. The van der Waals surface area contributed by atoms with Gasteiger partial charge in [-0.3, -0.25) is 9.59 Å². The Morgan fingerprint density at radius 1 is 1.26 bits per heavy atom. The van der Waals surface area contributed by atoms with Crippen LogP contribution in [0.15, 0.2) is 29.6 Å². The molecular formula is C20H24FN3O2S. The van der Waals surface area contributed by atoms with Crippen molar-refractivity contribution in [2.75, 3.05) is 13.1 Å². The Morgan fingerprint density at radius 3 is 2.63 bits per heavy atom. The van der Waals surface area contributed by atoms with Crippen LogP contribution in [-0.2, 0) is 22.6 Å². The number of aromatic nitrogens is 1. The van der Waals surface area contributed by atoms with Gasteiger partial charge in [0, 0.05) is 30.8 Å². The van der Waals surface area contributed by atoms with E-state index in [2.05, 4.69) is 10.3 Å². The molecule has 0 atom stereocenters. The van der Waals surface area contributed by atoms with Crippen LogP contribution in [0.1, 0.15) is 48.4 Å². The summed E-state index contributed by atoms with van der Waals surface area (Å²) in [4.78, 5) is 30.3. The maximum atomic E-state index is 13.0. The van der Waals surface area contributed by atoms with Gasteiger partial charge >= 0.3 is 0 Å². The van der Waals surface area contributed by atoms with Gasteiger partial charge in [-0.05, 0) is 30.5 Å². The lowest BCUT2D eigenvalue weighted by Gasteiger charge is -2.31. The number of rotatable bonds is 6. The summed E-state index contributed by atoms with van der Waals surface area (Å²) in [5, 5.41) is 5.92. The highest BCUT2D eigenvalue weighted by atomic mass is 32.1. The van der Waals surface area contributed by atoms with E-state index in [-0.39, 0.29) is 17.6 Å². The standard InChI is InChI=1S/C20H24FN3O2S/c1-2-18(25)22-12-17-13-27-20(23-17)15-7-9-24(10-8-15)19(26)11-14-3-5-16(21)6-4-14/h3-6,13,15H,2,7-12H2,1H3,(H,22,25). The lowest BCUT2D eigenvalue weighted by Crippen LogP contribution is -2.38. The first-order valence-electron chi connectivity index (χ1n) is 9.28. The van der Waals surface area contributed by atoms with Crippen LogP contribution in [0.3, 0.4) is 0 Å². The van der Waals surface area contributed by atoms with Gasteiger partial charge in [-0.1, -0.05) is 19.1 Å². The van der Waals surface area contributed by atoms with E-state index in [0.717, 1.165) is 29.1 Å².